The normalized spacial score (nSPS) is 17.9. The number of fused-ring (bicyclic) bond motifs is 1. The van der Waals surface area contributed by atoms with Crippen molar-refractivity contribution in [1.82, 2.24) is 19.9 Å². The zero-order chi connectivity index (χ0) is 18.8. The Kier molecular flexibility index (Phi) is 5.68. The molecule has 146 valence electrons. The molecule has 7 nitrogen and oxygen atoms in total. The summed E-state index contributed by atoms with van der Waals surface area (Å²) in [5.74, 6) is 0.289. The van der Waals surface area contributed by atoms with Crippen molar-refractivity contribution in [2.24, 2.45) is 0 Å². The highest BCUT2D eigenvalue weighted by Crippen LogP contribution is 2.29. The molecule has 0 bridgehead atoms. The van der Waals surface area contributed by atoms with Gasteiger partial charge in [-0.1, -0.05) is 35.9 Å². The van der Waals surface area contributed by atoms with Crippen molar-refractivity contribution in [3.05, 3.63) is 10.4 Å². The maximum absolute atomic E-state index is 12.9. The van der Waals surface area contributed by atoms with Crippen LogP contribution in [0.5, 0.6) is 0 Å². The molecule has 4 rings (SSSR count). The van der Waals surface area contributed by atoms with E-state index in [9.17, 15) is 9.59 Å². The average molecular weight is 408 g/mol. The van der Waals surface area contributed by atoms with E-state index in [-0.39, 0.29) is 17.2 Å². The van der Waals surface area contributed by atoms with E-state index >= 15 is 0 Å². The van der Waals surface area contributed by atoms with E-state index in [0.29, 0.717) is 28.1 Å². The number of hydrogen-bond donors (Lipinski definition) is 1. The summed E-state index contributed by atoms with van der Waals surface area (Å²) in [4.78, 5) is 36.6. The molecule has 2 aromatic rings. The van der Waals surface area contributed by atoms with Gasteiger partial charge in [0.15, 0.2) is 15.9 Å². The fourth-order valence-electron chi connectivity index (χ4n) is 3.78. The lowest BCUT2D eigenvalue weighted by Gasteiger charge is -2.12. The van der Waals surface area contributed by atoms with Gasteiger partial charge in [-0.15, -0.1) is 0 Å². The second-order valence-corrected chi connectivity index (χ2v) is 9.04. The Hall–Kier alpha value is -1.61. The Morgan fingerprint density at radius 2 is 1.96 bits per heavy atom. The number of hydrogen-bond acceptors (Lipinski definition) is 7. The molecule has 27 heavy (non-hydrogen) atoms. The van der Waals surface area contributed by atoms with Crippen LogP contribution >= 0.6 is 23.1 Å². The third-order valence-electron chi connectivity index (χ3n) is 5.22. The number of amides is 1. The minimum absolute atomic E-state index is 0.0138. The van der Waals surface area contributed by atoms with Gasteiger partial charge in [0.2, 0.25) is 5.91 Å². The molecular weight excluding hydrogens is 382 g/mol. The first-order chi connectivity index (χ1) is 13.2. The van der Waals surface area contributed by atoms with Crippen molar-refractivity contribution in [3.63, 3.8) is 0 Å². The number of nitrogens with one attached hydrogen (secondary N) is 1. The predicted molar refractivity (Wildman–Crippen MR) is 110 cm³/mol. The average Bonchev–Trinajstić information content (AvgIpc) is 3.40. The number of nitrogens with zero attached hydrogens (tertiary/aromatic N) is 4. The molecule has 1 saturated carbocycles. The molecule has 2 aromatic heterocycles. The van der Waals surface area contributed by atoms with Gasteiger partial charge >= 0.3 is 0 Å². The Morgan fingerprint density at radius 3 is 2.67 bits per heavy atom. The number of rotatable bonds is 6. The van der Waals surface area contributed by atoms with E-state index in [4.69, 9.17) is 0 Å². The van der Waals surface area contributed by atoms with Crippen LogP contribution in [0.3, 0.4) is 0 Å². The molecule has 1 amide bonds. The summed E-state index contributed by atoms with van der Waals surface area (Å²) in [5, 5.41) is 4.55. The second-order valence-electron chi connectivity index (χ2n) is 7.12. The minimum atomic E-state index is -0.0517. The minimum Gasteiger partial charge on any atom is -0.353 e. The van der Waals surface area contributed by atoms with Crippen molar-refractivity contribution in [1.29, 1.82) is 0 Å². The van der Waals surface area contributed by atoms with Crippen molar-refractivity contribution in [2.75, 3.05) is 23.7 Å². The summed E-state index contributed by atoms with van der Waals surface area (Å²) in [5.41, 5.74) is 0.458. The van der Waals surface area contributed by atoms with E-state index in [2.05, 4.69) is 20.2 Å². The van der Waals surface area contributed by atoms with Crippen LogP contribution in [0.4, 0.5) is 5.13 Å². The van der Waals surface area contributed by atoms with Crippen LogP contribution in [-0.2, 0) is 11.3 Å². The summed E-state index contributed by atoms with van der Waals surface area (Å²) in [6.45, 7) is 4.45. The van der Waals surface area contributed by atoms with Crippen LogP contribution in [0, 0.1) is 0 Å². The van der Waals surface area contributed by atoms with Crippen molar-refractivity contribution in [2.45, 2.75) is 63.2 Å². The monoisotopic (exact) mass is 407 g/mol. The fraction of sp³-hybridized carbons (Fsp3) is 0.667. The SMILES string of the molecule is CCn1c(SCC(=O)NC2CCCC2)nc2nc(N3CCCC3)sc2c1=O. The number of anilines is 1. The van der Waals surface area contributed by atoms with Gasteiger partial charge in [-0.2, -0.15) is 4.98 Å². The second kappa shape index (κ2) is 8.18. The highest BCUT2D eigenvalue weighted by molar-refractivity contribution is 7.99. The summed E-state index contributed by atoms with van der Waals surface area (Å²) >= 11 is 2.76. The van der Waals surface area contributed by atoms with Crippen molar-refractivity contribution in [3.8, 4) is 0 Å². The molecule has 0 unspecified atom stereocenters. The van der Waals surface area contributed by atoms with Gasteiger partial charge in [-0.05, 0) is 32.6 Å². The summed E-state index contributed by atoms with van der Waals surface area (Å²) < 4.78 is 2.26. The van der Waals surface area contributed by atoms with Crippen molar-refractivity contribution < 1.29 is 4.79 Å². The van der Waals surface area contributed by atoms with Gasteiger partial charge in [0, 0.05) is 25.7 Å². The van der Waals surface area contributed by atoms with Gasteiger partial charge in [0.1, 0.15) is 4.70 Å². The van der Waals surface area contributed by atoms with E-state index in [0.717, 1.165) is 31.1 Å². The largest absolute Gasteiger partial charge is 0.353 e. The molecule has 0 radical (unpaired) electrons. The van der Waals surface area contributed by atoms with Gasteiger partial charge in [0.25, 0.3) is 5.56 Å². The molecule has 1 aliphatic heterocycles. The van der Waals surface area contributed by atoms with Crippen LogP contribution in [0.15, 0.2) is 9.95 Å². The lowest BCUT2D eigenvalue weighted by atomic mass is 10.2. The molecule has 1 N–H and O–H groups in total. The van der Waals surface area contributed by atoms with Gasteiger partial charge < -0.3 is 10.2 Å². The number of carbonyl (C=O) groups excluding carboxylic acids is 1. The van der Waals surface area contributed by atoms with Crippen LogP contribution in [0.1, 0.15) is 45.4 Å². The zero-order valence-corrected chi connectivity index (χ0v) is 17.2. The Labute approximate surface area is 166 Å². The lowest BCUT2D eigenvalue weighted by molar-refractivity contribution is -0.119. The number of carbonyl (C=O) groups is 1. The molecule has 0 atom stereocenters. The molecule has 0 aromatic carbocycles. The van der Waals surface area contributed by atoms with Crippen LogP contribution < -0.4 is 15.8 Å². The third kappa shape index (κ3) is 3.99. The Morgan fingerprint density at radius 1 is 1.22 bits per heavy atom. The quantitative estimate of drug-likeness (QED) is 0.586. The molecule has 9 heteroatoms. The maximum atomic E-state index is 12.9. The third-order valence-corrected chi connectivity index (χ3v) is 7.29. The fourth-order valence-corrected chi connectivity index (χ4v) is 5.65. The first kappa shape index (κ1) is 18.7. The lowest BCUT2D eigenvalue weighted by Crippen LogP contribution is -2.34. The molecule has 2 fully saturated rings. The van der Waals surface area contributed by atoms with E-state index in [1.807, 2.05) is 6.92 Å². The molecule has 1 aliphatic carbocycles. The summed E-state index contributed by atoms with van der Waals surface area (Å²) in [7, 11) is 0. The highest BCUT2D eigenvalue weighted by atomic mass is 32.2. The Balaban J connectivity index is 1.54. The zero-order valence-electron chi connectivity index (χ0n) is 15.6. The topological polar surface area (TPSA) is 80.1 Å². The molecule has 2 aliphatic rings. The summed E-state index contributed by atoms with van der Waals surface area (Å²) in [6.07, 6.45) is 6.85. The van der Waals surface area contributed by atoms with Crippen LogP contribution in [0.25, 0.3) is 10.3 Å². The van der Waals surface area contributed by atoms with Gasteiger partial charge in [0.05, 0.1) is 5.75 Å². The van der Waals surface area contributed by atoms with E-state index in [1.165, 1.54) is 48.8 Å². The van der Waals surface area contributed by atoms with E-state index < -0.39 is 0 Å². The molecular formula is C18H25N5O2S2. The highest BCUT2D eigenvalue weighted by Gasteiger charge is 2.21. The summed E-state index contributed by atoms with van der Waals surface area (Å²) in [6, 6.07) is 0.309. The van der Waals surface area contributed by atoms with Crippen LogP contribution in [-0.4, -0.2) is 45.3 Å². The maximum Gasteiger partial charge on any atom is 0.273 e. The molecule has 0 spiro atoms. The van der Waals surface area contributed by atoms with Crippen LogP contribution in [0.2, 0.25) is 0 Å². The number of thiazole rings is 1. The molecule has 1 saturated heterocycles. The first-order valence-electron chi connectivity index (χ1n) is 9.74. The Bertz CT molecular complexity index is 882. The van der Waals surface area contributed by atoms with Crippen molar-refractivity contribution >= 4 is 44.5 Å². The number of aromatic nitrogens is 3. The predicted octanol–water partition coefficient (Wildman–Crippen LogP) is 2.62. The smallest absolute Gasteiger partial charge is 0.273 e. The standard InChI is InChI=1S/C18H25N5O2S2/c1-2-23-16(25)14-15(20-17(27-14)22-9-5-6-10-22)21-18(23)26-11-13(24)19-12-7-3-4-8-12/h12H,2-11H2,1H3,(H,19,24). The van der Waals surface area contributed by atoms with E-state index in [1.54, 1.807) is 4.57 Å². The number of thioether (sulfide) groups is 1. The van der Waals surface area contributed by atoms with Gasteiger partial charge in [-0.25, -0.2) is 4.98 Å². The first-order valence-corrected chi connectivity index (χ1v) is 11.5. The van der Waals surface area contributed by atoms with Gasteiger partial charge in [-0.3, -0.25) is 14.2 Å². The molecule has 3 heterocycles.